The first-order valence-electron chi connectivity index (χ1n) is 10.1. The molecule has 0 aliphatic carbocycles. The van der Waals surface area contributed by atoms with Crippen LogP contribution >= 0.6 is 0 Å². The number of nitrogens with zero attached hydrogens (tertiary/aromatic N) is 3. The maximum absolute atomic E-state index is 13.3. The van der Waals surface area contributed by atoms with E-state index in [1.807, 2.05) is 4.90 Å². The topological polar surface area (TPSA) is 72.5 Å². The van der Waals surface area contributed by atoms with Crippen molar-refractivity contribution in [2.75, 3.05) is 32.7 Å². The number of carbonyl (C=O) groups is 1. The number of aliphatic hydroxyl groups is 1. The minimum atomic E-state index is -0.256. The zero-order valence-corrected chi connectivity index (χ0v) is 16.0. The number of amides is 1. The van der Waals surface area contributed by atoms with Crippen LogP contribution in [0.3, 0.4) is 0 Å². The minimum Gasteiger partial charge on any atom is -0.393 e. The number of aromatic amines is 1. The number of piperidine rings is 2. The number of hydrogen-bond donors (Lipinski definition) is 2. The number of H-pyrrole nitrogens is 1. The van der Waals surface area contributed by atoms with Gasteiger partial charge in [-0.05, 0) is 43.4 Å². The van der Waals surface area contributed by atoms with Crippen LogP contribution in [0.4, 0.5) is 4.39 Å². The average Bonchev–Trinajstić information content (AvgIpc) is 3.20. The van der Waals surface area contributed by atoms with Crippen LogP contribution in [-0.4, -0.2) is 69.8 Å². The highest BCUT2D eigenvalue weighted by Crippen LogP contribution is 2.33. The third kappa shape index (κ3) is 4.25. The summed E-state index contributed by atoms with van der Waals surface area (Å²) in [5, 5.41) is 17.0. The molecule has 2 aromatic rings. The molecular weight excluding hydrogens is 359 g/mol. The number of nitrogens with one attached hydrogen (secondary N) is 1. The quantitative estimate of drug-likeness (QED) is 0.846. The zero-order chi connectivity index (χ0) is 19.5. The van der Waals surface area contributed by atoms with Gasteiger partial charge in [-0.2, -0.15) is 5.10 Å². The van der Waals surface area contributed by atoms with E-state index < -0.39 is 0 Å². The van der Waals surface area contributed by atoms with Crippen molar-refractivity contribution in [1.29, 1.82) is 0 Å². The molecule has 3 heterocycles. The largest absolute Gasteiger partial charge is 0.393 e. The van der Waals surface area contributed by atoms with Gasteiger partial charge in [0.05, 0.1) is 18.8 Å². The first kappa shape index (κ1) is 19.1. The molecule has 2 aliphatic rings. The SMILES string of the molecule is O=C(CN1CCC(O)CC1)N1CCC[C@H](c2[nH]ncc2-c2ccc(F)cc2)C1. The molecule has 2 N–H and O–H groups in total. The molecule has 0 unspecified atom stereocenters. The van der Waals surface area contributed by atoms with Crippen molar-refractivity contribution in [3.05, 3.63) is 42.0 Å². The minimum absolute atomic E-state index is 0.156. The number of likely N-dealkylation sites (tertiary alicyclic amines) is 2. The van der Waals surface area contributed by atoms with E-state index in [0.717, 1.165) is 62.1 Å². The van der Waals surface area contributed by atoms with E-state index >= 15 is 0 Å². The lowest BCUT2D eigenvalue weighted by atomic mass is 9.90. The summed E-state index contributed by atoms with van der Waals surface area (Å²) in [5.41, 5.74) is 2.93. The van der Waals surface area contributed by atoms with Crippen molar-refractivity contribution < 1.29 is 14.3 Å². The van der Waals surface area contributed by atoms with Crippen molar-refractivity contribution in [3.63, 3.8) is 0 Å². The van der Waals surface area contributed by atoms with E-state index in [1.54, 1.807) is 18.3 Å². The molecule has 2 aliphatic heterocycles. The maximum Gasteiger partial charge on any atom is 0.236 e. The molecule has 6 nitrogen and oxygen atoms in total. The smallest absolute Gasteiger partial charge is 0.236 e. The summed E-state index contributed by atoms with van der Waals surface area (Å²) in [6, 6.07) is 6.44. The average molecular weight is 386 g/mol. The Morgan fingerprint density at radius 3 is 2.68 bits per heavy atom. The summed E-state index contributed by atoms with van der Waals surface area (Å²) < 4.78 is 13.3. The van der Waals surface area contributed by atoms with Crippen molar-refractivity contribution >= 4 is 5.91 Å². The third-order valence-electron chi connectivity index (χ3n) is 5.92. The van der Waals surface area contributed by atoms with Crippen LogP contribution in [-0.2, 0) is 4.79 Å². The van der Waals surface area contributed by atoms with Gasteiger partial charge in [0.2, 0.25) is 5.91 Å². The zero-order valence-electron chi connectivity index (χ0n) is 16.0. The first-order valence-corrected chi connectivity index (χ1v) is 10.1. The van der Waals surface area contributed by atoms with Crippen molar-refractivity contribution in [2.24, 2.45) is 0 Å². The molecule has 1 aromatic heterocycles. The Balaban J connectivity index is 1.42. The third-order valence-corrected chi connectivity index (χ3v) is 5.92. The van der Waals surface area contributed by atoms with Gasteiger partial charge >= 0.3 is 0 Å². The normalized spacial score (nSPS) is 21.8. The molecule has 2 fully saturated rings. The summed E-state index contributed by atoms with van der Waals surface area (Å²) in [4.78, 5) is 16.9. The van der Waals surface area contributed by atoms with Crippen molar-refractivity contribution in [3.8, 4) is 11.1 Å². The number of aromatic nitrogens is 2. The summed E-state index contributed by atoms with van der Waals surface area (Å²) >= 11 is 0. The van der Waals surface area contributed by atoms with Gasteiger partial charge in [0, 0.05) is 43.4 Å². The fourth-order valence-electron chi connectivity index (χ4n) is 4.27. The van der Waals surface area contributed by atoms with Crippen LogP contribution in [0.2, 0.25) is 0 Å². The van der Waals surface area contributed by atoms with Gasteiger partial charge in [0.1, 0.15) is 5.82 Å². The van der Waals surface area contributed by atoms with E-state index in [4.69, 9.17) is 0 Å². The van der Waals surface area contributed by atoms with Gasteiger partial charge in [-0.1, -0.05) is 12.1 Å². The second kappa shape index (κ2) is 8.41. The van der Waals surface area contributed by atoms with Gasteiger partial charge in [0.25, 0.3) is 0 Å². The van der Waals surface area contributed by atoms with Crippen molar-refractivity contribution in [1.82, 2.24) is 20.0 Å². The Labute approximate surface area is 164 Å². The van der Waals surface area contributed by atoms with E-state index in [-0.39, 0.29) is 23.7 Å². The van der Waals surface area contributed by atoms with Crippen LogP contribution in [0.25, 0.3) is 11.1 Å². The monoisotopic (exact) mass is 386 g/mol. The molecule has 1 aromatic carbocycles. The Bertz CT molecular complexity index is 799. The van der Waals surface area contributed by atoms with E-state index in [1.165, 1.54) is 12.1 Å². The lowest BCUT2D eigenvalue weighted by Gasteiger charge is -2.35. The molecule has 7 heteroatoms. The Morgan fingerprint density at radius 2 is 1.93 bits per heavy atom. The van der Waals surface area contributed by atoms with Crippen LogP contribution in [0.1, 0.15) is 37.3 Å². The standard InChI is InChI=1S/C21H27FN4O2/c22-17-5-3-15(4-6-17)19-12-23-24-21(19)16-2-1-9-26(13-16)20(28)14-25-10-7-18(27)8-11-25/h3-6,12,16,18,27H,1-2,7-11,13-14H2,(H,23,24)/t16-/m0/s1. The number of hydrogen-bond acceptors (Lipinski definition) is 4. The van der Waals surface area contributed by atoms with Gasteiger partial charge in [-0.15, -0.1) is 0 Å². The van der Waals surface area contributed by atoms with E-state index in [9.17, 15) is 14.3 Å². The van der Waals surface area contributed by atoms with Gasteiger partial charge < -0.3 is 10.0 Å². The number of carbonyl (C=O) groups excluding carboxylic acids is 1. The fraction of sp³-hybridized carbons (Fsp3) is 0.524. The number of halogens is 1. The second-order valence-corrected chi connectivity index (χ2v) is 7.89. The number of benzene rings is 1. The van der Waals surface area contributed by atoms with Crippen molar-refractivity contribution in [2.45, 2.75) is 37.7 Å². The van der Waals surface area contributed by atoms with Gasteiger partial charge in [-0.3, -0.25) is 14.8 Å². The molecule has 2 saturated heterocycles. The highest BCUT2D eigenvalue weighted by molar-refractivity contribution is 5.78. The molecule has 0 saturated carbocycles. The lowest BCUT2D eigenvalue weighted by Crippen LogP contribution is -2.47. The molecule has 0 radical (unpaired) electrons. The molecule has 150 valence electrons. The molecule has 4 rings (SSSR count). The Morgan fingerprint density at radius 1 is 1.18 bits per heavy atom. The van der Waals surface area contributed by atoms with E-state index in [2.05, 4.69) is 15.1 Å². The molecule has 0 spiro atoms. The number of aliphatic hydroxyl groups excluding tert-OH is 1. The predicted molar refractivity (Wildman–Crippen MR) is 104 cm³/mol. The maximum atomic E-state index is 13.3. The van der Waals surface area contributed by atoms with E-state index in [0.29, 0.717) is 13.1 Å². The first-order chi connectivity index (χ1) is 13.6. The van der Waals surface area contributed by atoms with Crippen LogP contribution in [0.5, 0.6) is 0 Å². The molecule has 0 bridgehead atoms. The molecule has 1 atom stereocenters. The fourth-order valence-corrected chi connectivity index (χ4v) is 4.27. The highest BCUT2D eigenvalue weighted by atomic mass is 19.1. The number of rotatable bonds is 4. The molecule has 1 amide bonds. The van der Waals surface area contributed by atoms with Gasteiger partial charge in [0.15, 0.2) is 0 Å². The summed E-state index contributed by atoms with van der Waals surface area (Å²) in [5.74, 6) is 0.0980. The van der Waals surface area contributed by atoms with Crippen LogP contribution < -0.4 is 0 Å². The summed E-state index contributed by atoms with van der Waals surface area (Å²) in [6.45, 7) is 3.43. The van der Waals surface area contributed by atoms with Crippen LogP contribution in [0.15, 0.2) is 30.5 Å². The Kier molecular flexibility index (Phi) is 5.73. The molecular formula is C21H27FN4O2. The summed E-state index contributed by atoms with van der Waals surface area (Å²) in [6.07, 6.45) is 4.99. The summed E-state index contributed by atoms with van der Waals surface area (Å²) in [7, 11) is 0. The van der Waals surface area contributed by atoms with Crippen LogP contribution in [0, 0.1) is 5.82 Å². The highest BCUT2D eigenvalue weighted by Gasteiger charge is 2.29. The lowest BCUT2D eigenvalue weighted by molar-refractivity contribution is -0.134. The van der Waals surface area contributed by atoms with Gasteiger partial charge in [-0.25, -0.2) is 4.39 Å². The predicted octanol–water partition coefficient (Wildman–Crippen LogP) is 2.38. The molecule has 28 heavy (non-hydrogen) atoms. The Hall–Kier alpha value is -2.25. The second-order valence-electron chi connectivity index (χ2n) is 7.89.